The molecule has 1 amide bonds. The molecule has 1 aromatic rings. The summed E-state index contributed by atoms with van der Waals surface area (Å²) in [6.45, 7) is 2.23. The number of rotatable bonds is 4. The number of carbonyl (C=O) groups is 1. The van der Waals surface area contributed by atoms with Crippen molar-refractivity contribution < 1.29 is 17.6 Å². The molecule has 23 heavy (non-hydrogen) atoms. The molecular formula is C16H21FN2O3S. The maximum atomic E-state index is 13.2. The van der Waals surface area contributed by atoms with E-state index in [1.54, 1.807) is 6.92 Å². The van der Waals surface area contributed by atoms with Gasteiger partial charge in [-0.15, -0.1) is 0 Å². The van der Waals surface area contributed by atoms with Gasteiger partial charge >= 0.3 is 0 Å². The molecule has 0 bridgehead atoms. The third-order valence-corrected chi connectivity index (χ3v) is 6.56. The fourth-order valence-electron chi connectivity index (χ4n) is 2.95. The molecule has 1 saturated carbocycles. The fourth-order valence-corrected chi connectivity index (χ4v) is 4.62. The Morgan fingerprint density at radius 3 is 2.43 bits per heavy atom. The number of hydrogen-bond donors (Lipinski definition) is 1. The third kappa shape index (κ3) is 3.55. The van der Waals surface area contributed by atoms with Crippen molar-refractivity contribution in [2.45, 2.75) is 43.5 Å². The van der Waals surface area contributed by atoms with Gasteiger partial charge in [0.2, 0.25) is 15.9 Å². The van der Waals surface area contributed by atoms with Crippen molar-refractivity contribution in [2.75, 3.05) is 13.1 Å². The number of sulfonamides is 1. The van der Waals surface area contributed by atoms with Gasteiger partial charge in [-0.3, -0.25) is 4.79 Å². The number of nitrogens with zero attached hydrogens (tertiary/aromatic N) is 1. The van der Waals surface area contributed by atoms with Crippen LogP contribution in [0.2, 0.25) is 0 Å². The van der Waals surface area contributed by atoms with E-state index in [0.717, 1.165) is 18.9 Å². The molecular weight excluding hydrogens is 319 g/mol. The highest BCUT2D eigenvalue weighted by molar-refractivity contribution is 7.89. The monoisotopic (exact) mass is 340 g/mol. The standard InChI is InChI=1S/C16H21FN2O3S/c1-11-10-13(17)2-5-15(11)23(21,22)19-8-6-12(7-9-19)16(20)18-14-3-4-14/h2,5,10,12,14H,3-4,6-9H2,1H3,(H,18,20). The quantitative estimate of drug-likeness (QED) is 0.909. The van der Waals surface area contributed by atoms with E-state index >= 15 is 0 Å². The predicted octanol–water partition coefficient (Wildman–Crippen LogP) is 1.81. The first-order valence-corrected chi connectivity index (χ1v) is 9.38. The normalized spacial score (nSPS) is 20.4. The number of halogens is 1. The van der Waals surface area contributed by atoms with E-state index in [9.17, 15) is 17.6 Å². The molecule has 2 fully saturated rings. The second-order valence-electron chi connectivity index (χ2n) is 6.37. The molecule has 5 nitrogen and oxygen atoms in total. The topological polar surface area (TPSA) is 66.5 Å². The summed E-state index contributed by atoms with van der Waals surface area (Å²) >= 11 is 0. The van der Waals surface area contributed by atoms with Crippen LogP contribution in [0.1, 0.15) is 31.2 Å². The number of carbonyl (C=O) groups excluding carboxylic acids is 1. The smallest absolute Gasteiger partial charge is 0.243 e. The molecule has 0 aromatic heterocycles. The summed E-state index contributed by atoms with van der Waals surface area (Å²) < 4.78 is 39.9. The van der Waals surface area contributed by atoms with E-state index in [1.807, 2.05) is 0 Å². The molecule has 1 aromatic carbocycles. The summed E-state index contributed by atoms with van der Waals surface area (Å²) in [5, 5.41) is 2.98. The number of nitrogens with one attached hydrogen (secondary N) is 1. The van der Waals surface area contributed by atoms with E-state index in [0.29, 0.717) is 37.5 Å². The highest BCUT2D eigenvalue weighted by Crippen LogP contribution is 2.27. The van der Waals surface area contributed by atoms with E-state index < -0.39 is 15.8 Å². The Hall–Kier alpha value is -1.47. The SMILES string of the molecule is Cc1cc(F)ccc1S(=O)(=O)N1CCC(C(=O)NC2CC2)CC1. The average molecular weight is 340 g/mol. The summed E-state index contributed by atoms with van der Waals surface area (Å²) in [4.78, 5) is 12.2. The first-order chi connectivity index (χ1) is 10.9. The van der Waals surface area contributed by atoms with Crippen LogP contribution in [-0.2, 0) is 14.8 Å². The Morgan fingerprint density at radius 1 is 1.22 bits per heavy atom. The molecule has 1 saturated heterocycles. The summed E-state index contributed by atoms with van der Waals surface area (Å²) in [6.07, 6.45) is 3.14. The Morgan fingerprint density at radius 2 is 1.87 bits per heavy atom. The zero-order chi connectivity index (χ0) is 16.6. The minimum absolute atomic E-state index is 0.0440. The number of amides is 1. The van der Waals surface area contributed by atoms with Crippen LogP contribution in [0.4, 0.5) is 4.39 Å². The first kappa shape index (κ1) is 16.4. The zero-order valence-corrected chi connectivity index (χ0v) is 13.9. The van der Waals surface area contributed by atoms with Gasteiger partial charge in [0.25, 0.3) is 0 Å². The molecule has 1 aliphatic heterocycles. The van der Waals surface area contributed by atoms with Gasteiger partial charge in [-0.2, -0.15) is 4.31 Å². The van der Waals surface area contributed by atoms with Crippen LogP contribution in [0.5, 0.6) is 0 Å². The number of piperidine rings is 1. The molecule has 0 spiro atoms. The maximum Gasteiger partial charge on any atom is 0.243 e. The highest BCUT2D eigenvalue weighted by atomic mass is 32.2. The van der Waals surface area contributed by atoms with E-state index in [2.05, 4.69) is 5.32 Å². The molecule has 126 valence electrons. The van der Waals surface area contributed by atoms with Gasteiger partial charge in [-0.05, 0) is 56.4 Å². The molecule has 7 heteroatoms. The van der Waals surface area contributed by atoms with Gasteiger partial charge in [-0.1, -0.05) is 0 Å². The van der Waals surface area contributed by atoms with Crippen LogP contribution < -0.4 is 5.32 Å². The number of hydrogen-bond acceptors (Lipinski definition) is 3. The number of benzene rings is 1. The van der Waals surface area contributed by atoms with Gasteiger partial charge in [0.15, 0.2) is 0 Å². The van der Waals surface area contributed by atoms with Crippen molar-refractivity contribution in [3.05, 3.63) is 29.6 Å². The second kappa shape index (κ2) is 6.20. The third-order valence-electron chi connectivity index (χ3n) is 4.50. The summed E-state index contributed by atoms with van der Waals surface area (Å²) in [5.41, 5.74) is 0.401. The lowest BCUT2D eigenvalue weighted by Crippen LogP contribution is -2.43. The van der Waals surface area contributed by atoms with Crippen LogP contribution in [0.15, 0.2) is 23.1 Å². The molecule has 0 unspecified atom stereocenters. The molecule has 3 rings (SSSR count). The van der Waals surface area contributed by atoms with E-state index in [1.165, 1.54) is 16.4 Å². The van der Waals surface area contributed by atoms with Gasteiger partial charge < -0.3 is 5.32 Å². The van der Waals surface area contributed by atoms with Crippen molar-refractivity contribution >= 4 is 15.9 Å². The molecule has 0 atom stereocenters. The van der Waals surface area contributed by atoms with E-state index in [-0.39, 0.29) is 16.7 Å². The van der Waals surface area contributed by atoms with Gasteiger partial charge in [0.1, 0.15) is 5.82 Å². The van der Waals surface area contributed by atoms with Crippen molar-refractivity contribution in [1.29, 1.82) is 0 Å². The van der Waals surface area contributed by atoms with Crippen molar-refractivity contribution in [1.82, 2.24) is 9.62 Å². The Bertz CT molecular complexity index is 708. The predicted molar refractivity (Wildman–Crippen MR) is 83.8 cm³/mol. The van der Waals surface area contributed by atoms with E-state index in [4.69, 9.17) is 0 Å². The lowest BCUT2D eigenvalue weighted by molar-refractivity contribution is -0.126. The molecule has 1 N–H and O–H groups in total. The fraction of sp³-hybridized carbons (Fsp3) is 0.562. The van der Waals surface area contributed by atoms with Crippen LogP contribution >= 0.6 is 0 Å². The molecule has 2 aliphatic rings. The molecule has 1 aliphatic carbocycles. The Balaban J connectivity index is 1.67. The van der Waals surface area contributed by atoms with Gasteiger partial charge in [-0.25, -0.2) is 12.8 Å². The van der Waals surface area contributed by atoms with Crippen LogP contribution in [0, 0.1) is 18.7 Å². The highest BCUT2D eigenvalue weighted by Gasteiger charge is 2.34. The first-order valence-electron chi connectivity index (χ1n) is 7.94. The molecule has 1 heterocycles. The van der Waals surface area contributed by atoms with Crippen molar-refractivity contribution in [3.63, 3.8) is 0 Å². The minimum atomic E-state index is -3.63. The Labute approximate surface area is 135 Å². The zero-order valence-electron chi connectivity index (χ0n) is 13.1. The summed E-state index contributed by atoms with van der Waals surface area (Å²) in [5.74, 6) is -0.518. The lowest BCUT2D eigenvalue weighted by atomic mass is 9.97. The number of aryl methyl sites for hydroxylation is 1. The van der Waals surface area contributed by atoms with Crippen molar-refractivity contribution in [3.8, 4) is 0 Å². The average Bonchev–Trinajstić information content (AvgIpc) is 3.31. The van der Waals surface area contributed by atoms with Gasteiger partial charge in [0, 0.05) is 25.0 Å². The lowest BCUT2D eigenvalue weighted by Gasteiger charge is -2.31. The summed E-state index contributed by atoms with van der Waals surface area (Å²) in [7, 11) is -3.63. The Kier molecular flexibility index (Phi) is 4.42. The van der Waals surface area contributed by atoms with Gasteiger partial charge in [0.05, 0.1) is 4.90 Å². The van der Waals surface area contributed by atoms with Crippen LogP contribution in [-0.4, -0.2) is 37.8 Å². The van der Waals surface area contributed by atoms with Crippen LogP contribution in [0.3, 0.4) is 0 Å². The largest absolute Gasteiger partial charge is 0.353 e. The van der Waals surface area contributed by atoms with Crippen LogP contribution in [0.25, 0.3) is 0 Å². The van der Waals surface area contributed by atoms with Crippen molar-refractivity contribution in [2.24, 2.45) is 5.92 Å². The second-order valence-corrected chi connectivity index (χ2v) is 8.28. The maximum absolute atomic E-state index is 13.2. The summed E-state index contributed by atoms with van der Waals surface area (Å²) in [6, 6.07) is 4.02. The minimum Gasteiger partial charge on any atom is -0.353 e. The molecule has 0 radical (unpaired) electrons.